The molecule has 2 aromatic rings. The van der Waals surface area contributed by atoms with Crippen molar-refractivity contribution < 1.29 is 9.90 Å². The van der Waals surface area contributed by atoms with Crippen molar-refractivity contribution in [2.75, 3.05) is 5.32 Å². The minimum Gasteiger partial charge on any atom is -0.391 e. The van der Waals surface area contributed by atoms with Crippen LogP contribution in [0, 0.1) is 0 Å². The Morgan fingerprint density at radius 3 is 2.70 bits per heavy atom. The first-order chi connectivity index (χ1) is 14.5. The van der Waals surface area contributed by atoms with Gasteiger partial charge in [-0.2, -0.15) is 5.10 Å². The minimum absolute atomic E-state index is 0.0331. The molecule has 3 unspecified atom stereocenters. The lowest BCUT2D eigenvalue weighted by Gasteiger charge is -2.27. The van der Waals surface area contributed by atoms with E-state index in [1.807, 2.05) is 19.1 Å². The first-order valence-corrected chi connectivity index (χ1v) is 10.7. The summed E-state index contributed by atoms with van der Waals surface area (Å²) in [5.41, 5.74) is 0.746. The lowest BCUT2D eigenvalue weighted by molar-refractivity contribution is -0.122. The second-order valence-electron chi connectivity index (χ2n) is 7.71. The quantitative estimate of drug-likeness (QED) is 0.646. The van der Waals surface area contributed by atoms with Gasteiger partial charge in [0.15, 0.2) is 0 Å². The summed E-state index contributed by atoms with van der Waals surface area (Å²) >= 11 is 6.27. The molecular weight excluding hydrogens is 406 g/mol. The van der Waals surface area contributed by atoms with Gasteiger partial charge in [0.05, 0.1) is 30.1 Å². The monoisotopic (exact) mass is 433 g/mol. The predicted molar refractivity (Wildman–Crippen MR) is 115 cm³/mol. The van der Waals surface area contributed by atoms with Crippen molar-refractivity contribution in [1.29, 1.82) is 0 Å². The summed E-state index contributed by atoms with van der Waals surface area (Å²) in [6, 6.07) is 3.23. The van der Waals surface area contributed by atoms with Gasteiger partial charge < -0.3 is 15.7 Å². The average Bonchev–Trinajstić information content (AvgIpc) is 2.73. The molecule has 8 nitrogen and oxygen atoms in total. The van der Waals surface area contributed by atoms with Crippen LogP contribution < -0.4 is 16.2 Å². The molecule has 30 heavy (non-hydrogen) atoms. The van der Waals surface area contributed by atoms with E-state index in [0.29, 0.717) is 5.69 Å². The average molecular weight is 434 g/mol. The fourth-order valence-electron chi connectivity index (χ4n) is 3.67. The van der Waals surface area contributed by atoms with E-state index < -0.39 is 11.7 Å². The molecule has 0 bridgehead atoms. The normalized spacial score (nSPS) is 20.6. The molecule has 1 amide bonds. The highest BCUT2D eigenvalue weighted by atomic mass is 35.5. The molecule has 0 saturated heterocycles. The molecule has 0 spiro atoms. The van der Waals surface area contributed by atoms with Crippen molar-refractivity contribution in [3.8, 4) is 0 Å². The van der Waals surface area contributed by atoms with Crippen molar-refractivity contribution in [1.82, 2.24) is 20.1 Å². The molecule has 3 atom stereocenters. The van der Waals surface area contributed by atoms with Gasteiger partial charge in [0, 0.05) is 12.4 Å². The lowest BCUT2D eigenvalue weighted by atomic mass is 9.94. The van der Waals surface area contributed by atoms with Gasteiger partial charge in [0.25, 0.3) is 5.56 Å². The Morgan fingerprint density at radius 1 is 1.27 bits per heavy atom. The maximum absolute atomic E-state index is 12.6. The number of halogens is 1. The minimum atomic E-state index is -0.547. The molecule has 1 aliphatic carbocycles. The summed E-state index contributed by atoms with van der Waals surface area (Å²) in [6.07, 6.45) is 10.0. The number of amides is 1. The number of nitrogens with zero attached hydrogens (tertiary/aromatic N) is 3. The highest BCUT2D eigenvalue weighted by molar-refractivity contribution is 6.32. The van der Waals surface area contributed by atoms with E-state index in [1.165, 1.54) is 6.20 Å². The maximum atomic E-state index is 12.6. The van der Waals surface area contributed by atoms with E-state index in [9.17, 15) is 14.7 Å². The van der Waals surface area contributed by atoms with Gasteiger partial charge in [0.2, 0.25) is 5.91 Å². The number of aliphatic hydroxyl groups excluding tert-OH is 1. The lowest BCUT2D eigenvalue weighted by Crippen LogP contribution is -2.37. The topological polar surface area (TPSA) is 109 Å². The highest BCUT2D eigenvalue weighted by Gasteiger charge is 2.22. The van der Waals surface area contributed by atoms with Gasteiger partial charge in [-0.25, -0.2) is 4.68 Å². The van der Waals surface area contributed by atoms with Crippen molar-refractivity contribution in [2.24, 2.45) is 0 Å². The Morgan fingerprint density at radius 2 is 1.97 bits per heavy atom. The van der Waals surface area contributed by atoms with Crippen molar-refractivity contribution >= 4 is 23.2 Å². The van der Waals surface area contributed by atoms with Crippen molar-refractivity contribution in [2.45, 2.75) is 70.2 Å². The van der Waals surface area contributed by atoms with Crippen LogP contribution in [-0.2, 0) is 11.3 Å². The second kappa shape index (κ2) is 10.5. The third-order valence-electron chi connectivity index (χ3n) is 5.43. The van der Waals surface area contributed by atoms with Crippen LogP contribution in [0.25, 0.3) is 0 Å². The molecule has 0 aliphatic heterocycles. The van der Waals surface area contributed by atoms with Crippen LogP contribution >= 0.6 is 11.6 Å². The van der Waals surface area contributed by atoms with Gasteiger partial charge in [-0.3, -0.25) is 14.6 Å². The standard InChI is InChI=1S/C21H28ClN5O3/c1-14(15-8-10-23-11-9-15)25-19(29)13-27-21(30)20(22)17(12-24-27)26-16-6-4-2-3-5-7-18(16)28/h8-12,14,16,18,26,28H,2-7,13H2,1H3,(H,25,29). The van der Waals surface area contributed by atoms with Gasteiger partial charge in [-0.05, 0) is 37.5 Å². The summed E-state index contributed by atoms with van der Waals surface area (Å²) < 4.78 is 1.04. The van der Waals surface area contributed by atoms with Crippen LogP contribution in [0.4, 0.5) is 5.69 Å². The molecule has 9 heteroatoms. The van der Waals surface area contributed by atoms with Gasteiger partial charge in [0.1, 0.15) is 11.6 Å². The molecule has 1 fully saturated rings. The summed E-state index contributed by atoms with van der Waals surface area (Å²) in [5, 5.41) is 20.5. The molecule has 2 heterocycles. The number of anilines is 1. The number of rotatable bonds is 6. The third-order valence-corrected chi connectivity index (χ3v) is 5.80. The molecule has 1 saturated carbocycles. The number of pyridine rings is 1. The number of nitrogens with one attached hydrogen (secondary N) is 2. The molecule has 3 N–H and O–H groups in total. The number of aromatic nitrogens is 3. The maximum Gasteiger partial charge on any atom is 0.288 e. The van der Waals surface area contributed by atoms with Crippen LogP contribution in [0.1, 0.15) is 57.1 Å². The molecule has 162 valence electrons. The molecular formula is C21H28ClN5O3. The molecule has 1 aliphatic rings. The number of hydrogen-bond donors (Lipinski definition) is 3. The molecule has 3 rings (SSSR count). The second-order valence-corrected chi connectivity index (χ2v) is 8.09. The first kappa shape index (κ1) is 22.2. The van der Waals surface area contributed by atoms with E-state index in [4.69, 9.17) is 11.6 Å². The largest absolute Gasteiger partial charge is 0.391 e. The fraction of sp³-hybridized carbons (Fsp3) is 0.524. The van der Waals surface area contributed by atoms with E-state index in [0.717, 1.165) is 48.8 Å². The number of hydrogen-bond acceptors (Lipinski definition) is 6. The van der Waals surface area contributed by atoms with Crippen LogP contribution in [0.15, 0.2) is 35.5 Å². The Bertz CT molecular complexity index is 905. The zero-order valence-electron chi connectivity index (χ0n) is 17.1. The summed E-state index contributed by atoms with van der Waals surface area (Å²) in [5.74, 6) is -0.346. The molecule has 2 aromatic heterocycles. The Balaban J connectivity index is 1.65. The summed E-state index contributed by atoms with van der Waals surface area (Å²) in [4.78, 5) is 28.9. The number of carbonyl (C=O) groups excluding carboxylic acids is 1. The Hall–Kier alpha value is -2.45. The van der Waals surface area contributed by atoms with Crippen LogP contribution in [0.3, 0.4) is 0 Å². The summed E-state index contributed by atoms with van der Waals surface area (Å²) in [6.45, 7) is 1.62. The predicted octanol–water partition coefficient (Wildman–Crippen LogP) is 2.66. The Labute approximate surface area is 180 Å². The molecule has 0 radical (unpaired) electrons. The van der Waals surface area contributed by atoms with Crippen molar-refractivity contribution in [3.63, 3.8) is 0 Å². The zero-order chi connectivity index (χ0) is 21.5. The smallest absolute Gasteiger partial charge is 0.288 e. The van der Waals surface area contributed by atoms with E-state index >= 15 is 0 Å². The van der Waals surface area contributed by atoms with E-state index in [-0.39, 0.29) is 29.6 Å². The Kier molecular flexibility index (Phi) is 7.81. The van der Waals surface area contributed by atoms with E-state index in [1.54, 1.807) is 12.4 Å². The van der Waals surface area contributed by atoms with Gasteiger partial charge in [-0.15, -0.1) is 0 Å². The summed E-state index contributed by atoms with van der Waals surface area (Å²) in [7, 11) is 0. The number of aliphatic hydroxyl groups is 1. The number of carbonyl (C=O) groups is 1. The molecule has 0 aromatic carbocycles. The first-order valence-electron chi connectivity index (χ1n) is 10.3. The third kappa shape index (κ3) is 5.79. The van der Waals surface area contributed by atoms with Crippen LogP contribution in [0.5, 0.6) is 0 Å². The SMILES string of the molecule is CC(NC(=O)Cn1ncc(NC2CCCCCCC2O)c(Cl)c1=O)c1ccncc1. The van der Waals surface area contributed by atoms with Crippen LogP contribution in [0.2, 0.25) is 5.02 Å². The van der Waals surface area contributed by atoms with Gasteiger partial charge >= 0.3 is 0 Å². The highest BCUT2D eigenvalue weighted by Crippen LogP contribution is 2.23. The zero-order valence-corrected chi connectivity index (χ0v) is 17.8. The fourth-order valence-corrected chi connectivity index (χ4v) is 3.87. The van der Waals surface area contributed by atoms with Crippen LogP contribution in [-0.4, -0.2) is 37.9 Å². The van der Waals surface area contributed by atoms with Crippen molar-refractivity contribution in [3.05, 3.63) is 51.7 Å². The van der Waals surface area contributed by atoms with E-state index in [2.05, 4.69) is 20.7 Å². The van der Waals surface area contributed by atoms with Gasteiger partial charge in [-0.1, -0.05) is 37.3 Å².